The molecule has 2 heterocycles. The summed E-state index contributed by atoms with van der Waals surface area (Å²) >= 11 is 0. The molecule has 1 fully saturated rings. The Hall–Kier alpha value is -2.13. The average molecular weight is 364 g/mol. The van der Waals surface area contributed by atoms with Gasteiger partial charge in [0.05, 0.1) is 0 Å². The Kier molecular flexibility index (Phi) is 5.05. The highest BCUT2D eigenvalue weighted by atomic mass is 16.3. The van der Waals surface area contributed by atoms with Gasteiger partial charge in [0.15, 0.2) is 0 Å². The van der Waals surface area contributed by atoms with Crippen LogP contribution in [0, 0.1) is 11.8 Å². The van der Waals surface area contributed by atoms with Crippen LogP contribution in [0.25, 0.3) is 0 Å². The number of ketones is 1. The molecule has 0 amide bonds. The second-order valence-electron chi connectivity index (χ2n) is 8.60. The average Bonchev–Trinajstić information content (AvgIpc) is 2.64. The van der Waals surface area contributed by atoms with E-state index in [9.17, 15) is 9.90 Å². The number of phenols is 1. The summed E-state index contributed by atoms with van der Waals surface area (Å²) in [5, 5.41) is 10.5. The molecule has 3 nitrogen and oxygen atoms in total. The smallest absolute Gasteiger partial charge is 0.139 e. The Labute approximate surface area is 162 Å². The molecule has 2 aliphatic rings. The number of benzene rings is 2. The van der Waals surface area contributed by atoms with E-state index >= 15 is 0 Å². The van der Waals surface area contributed by atoms with Crippen LogP contribution in [0.2, 0.25) is 0 Å². The molecule has 0 spiro atoms. The van der Waals surface area contributed by atoms with Crippen LogP contribution in [0.4, 0.5) is 0 Å². The summed E-state index contributed by atoms with van der Waals surface area (Å²) in [5.74, 6) is 1.53. The molecule has 2 aromatic rings. The molecule has 0 aromatic heterocycles. The molecule has 1 N–H and O–H groups in total. The van der Waals surface area contributed by atoms with E-state index < -0.39 is 0 Å². The van der Waals surface area contributed by atoms with Gasteiger partial charge in [0.2, 0.25) is 0 Å². The molecular weight excluding hydrogens is 334 g/mol. The normalized spacial score (nSPS) is 22.6. The molecule has 1 saturated heterocycles. The Morgan fingerprint density at radius 2 is 1.96 bits per heavy atom. The summed E-state index contributed by atoms with van der Waals surface area (Å²) in [7, 11) is 0. The lowest BCUT2D eigenvalue weighted by atomic mass is 9.79. The number of aromatic hydroxyl groups is 1. The molecule has 0 saturated carbocycles. The van der Waals surface area contributed by atoms with Gasteiger partial charge in [0.25, 0.3) is 0 Å². The third-order valence-corrected chi connectivity index (χ3v) is 6.11. The highest BCUT2D eigenvalue weighted by molar-refractivity contribution is 5.83. The van der Waals surface area contributed by atoms with Crippen LogP contribution in [-0.4, -0.2) is 28.9 Å². The Bertz CT molecular complexity index is 828. The van der Waals surface area contributed by atoms with Crippen LogP contribution in [0.5, 0.6) is 5.75 Å². The molecule has 2 atom stereocenters. The van der Waals surface area contributed by atoms with Crippen LogP contribution in [0.15, 0.2) is 42.5 Å². The Morgan fingerprint density at radius 1 is 1.19 bits per heavy atom. The summed E-state index contributed by atoms with van der Waals surface area (Å²) in [5.41, 5.74) is 4.61. The quantitative estimate of drug-likeness (QED) is 0.868. The number of rotatable bonds is 4. The SMILES string of the molecule is CC(C)CC1CN2CCc3cc(O)c(Cc4ccccc4)cc3C2CC1=O. The zero-order chi connectivity index (χ0) is 19.0. The summed E-state index contributed by atoms with van der Waals surface area (Å²) in [6, 6.07) is 14.5. The molecule has 142 valence electrons. The van der Waals surface area contributed by atoms with Crippen molar-refractivity contribution in [2.75, 3.05) is 13.1 Å². The second-order valence-corrected chi connectivity index (χ2v) is 8.60. The van der Waals surface area contributed by atoms with Gasteiger partial charge in [-0.05, 0) is 53.1 Å². The fourth-order valence-corrected chi connectivity index (χ4v) is 4.77. The van der Waals surface area contributed by atoms with E-state index in [1.807, 2.05) is 24.3 Å². The highest BCUT2D eigenvalue weighted by Crippen LogP contribution is 2.40. The van der Waals surface area contributed by atoms with Crippen LogP contribution in [0.3, 0.4) is 0 Å². The molecule has 27 heavy (non-hydrogen) atoms. The van der Waals surface area contributed by atoms with Gasteiger partial charge >= 0.3 is 0 Å². The van der Waals surface area contributed by atoms with Gasteiger partial charge in [-0.25, -0.2) is 0 Å². The largest absolute Gasteiger partial charge is 0.508 e. The number of hydrogen-bond acceptors (Lipinski definition) is 3. The van der Waals surface area contributed by atoms with E-state index in [1.54, 1.807) is 0 Å². The van der Waals surface area contributed by atoms with Gasteiger partial charge in [-0.3, -0.25) is 9.69 Å². The monoisotopic (exact) mass is 363 g/mol. The van der Waals surface area contributed by atoms with Crippen molar-refractivity contribution in [3.05, 3.63) is 64.7 Å². The zero-order valence-electron chi connectivity index (χ0n) is 16.3. The van der Waals surface area contributed by atoms with E-state index in [1.165, 1.54) is 16.7 Å². The van der Waals surface area contributed by atoms with E-state index in [4.69, 9.17) is 0 Å². The predicted octanol–water partition coefficient (Wildman–Crippen LogP) is 4.52. The first-order valence-electron chi connectivity index (χ1n) is 10.2. The maximum atomic E-state index is 12.8. The van der Waals surface area contributed by atoms with Crippen LogP contribution >= 0.6 is 0 Å². The van der Waals surface area contributed by atoms with Crippen molar-refractivity contribution < 1.29 is 9.90 Å². The fourth-order valence-electron chi connectivity index (χ4n) is 4.77. The van der Waals surface area contributed by atoms with Crippen molar-refractivity contribution >= 4 is 5.78 Å². The van der Waals surface area contributed by atoms with Crippen molar-refractivity contribution in [3.8, 4) is 5.75 Å². The van der Waals surface area contributed by atoms with Gasteiger partial charge in [-0.15, -0.1) is 0 Å². The molecule has 2 aromatic carbocycles. The predicted molar refractivity (Wildman–Crippen MR) is 108 cm³/mol. The summed E-state index contributed by atoms with van der Waals surface area (Å²) < 4.78 is 0. The lowest BCUT2D eigenvalue weighted by Gasteiger charge is -2.43. The standard InChI is InChI=1S/C24H29NO2/c1-16(2)10-20-15-25-9-8-18-13-23(26)19(11-17-6-4-3-5-7-17)12-21(18)22(25)14-24(20)27/h3-7,12-13,16,20,22,26H,8-11,14-15H2,1-2H3. The Balaban J connectivity index is 1.61. The number of piperidine rings is 1. The topological polar surface area (TPSA) is 40.5 Å². The van der Waals surface area contributed by atoms with Crippen LogP contribution in [-0.2, 0) is 17.6 Å². The molecule has 0 aliphatic carbocycles. The first kappa shape index (κ1) is 18.2. The number of Topliss-reactive ketones (excluding diaryl/α,β-unsaturated/α-hetero) is 1. The maximum Gasteiger partial charge on any atom is 0.139 e. The van der Waals surface area contributed by atoms with E-state index in [0.717, 1.165) is 37.9 Å². The van der Waals surface area contributed by atoms with Crippen molar-refractivity contribution in [2.24, 2.45) is 11.8 Å². The number of hydrogen-bond donors (Lipinski definition) is 1. The Morgan fingerprint density at radius 3 is 2.70 bits per heavy atom. The zero-order valence-corrected chi connectivity index (χ0v) is 16.3. The number of carbonyl (C=O) groups excluding carboxylic acids is 1. The van der Waals surface area contributed by atoms with Crippen molar-refractivity contribution in [1.82, 2.24) is 4.90 Å². The highest BCUT2D eigenvalue weighted by Gasteiger charge is 2.38. The van der Waals surface area contributed by atoms with Crippen molar-refractivity contribution in [3.63, 3.8) is 0 Å². The van der Waals surface area contributed by atoms with E-state index in [-0.39, 0.29) is 12.0 Å². The first-order valence-corrected chi connectivity index (χ1v) is 10.2. The van der Waals surface area contributed by atoms with Crippen molar-refractivity contribution in [2.45, 2.75) is 45.6 Å². The van der Waals surface area contributed by atoms with Gasteiger partial charge in [-0.1, -0.05) is 44.2 Å². The molecule has 0 radical (unpaired) electrons. The molecular formula is C24H29NO2. The molecule has 4 rings (SSSR count). The third-order valence-electron chi connectivity index (χ3n) is 6.11. The number of nitrogens with zero attached hydrogens (tertiary/aromatic N) is 1. The first-order chi connectivity index (χ1) is 13.0. The molecule has 2 unspecified atom stereocenters. The number of fused-ring (bicyclic) bond motifs is 3. The van der Waals surface area contributed by atoms with Gasteiger partial charge in [-0.2, -0.15) is 0 Å². The van der Waals surface area contributed by atoms with Gasteiger partial charge < -0.3 is 5.11 Å². The minimum absolute atomic E-state index is 0.180. The lowest BCUT2D eigenvalue weighted by Crippen LogP contribution is -2.46. The minimum Gasteiger partial charge on any atom is -0.508 e. The van der Waals surface area contributed by atoms with Gasteiger partial charge in [0, 0.05) is 37.9 Å². The molecule has 3 heteroatoms. The van der Waals surface area contributed by atoms with Crippen LogP contribution < -0.4 is 0 Å². The summed E-state index contributed by atoms with van der Waals surface area (Å²) in [6.07, 6.45) is 3.27. The minimum atomic E-state index is 0.180. The summed E-state index contributed by atoms with van der Waals surface area (Å²) in [4.78, 5) is 15.3. The third kappa shape index (κ3) is 3.79. The second kappa shape index (κ2) is 7.47. The summed E-state index contributed by atoms with van der Waals surface area (Å²) in [6.45, 7) is 6.26. The van der Waals surface area contributed by atoms with Gasteiger partial charge in [0.1, 0.15) is 11.5 Å². The number of phenolic OH excluding ortho intramolecular Hbond substituents is 1. The fraction of sp³-hybridized carbons (Fsp3) is 0.458. The van der Waals surface area contributed by atoms with E-state index in [0.29, 0.717) is 23.9 Å². The number of carbonyl (C=O) groups is 1. The van der Waals surface area contributed by atoms with Crippen molar-refractivity contribution in [1.29, 1.82) is 0 Å². The maximum absolute atomic E-state index is 12.8. The molecule has 2 aliphatic heterocycles. The lowest BCUT2D eigenvalue weighted by molar-refractivity contribution is -0.129. The van der Waals surface area contributed by atoms with Crippen LogP contribution in [0.1, 0.15) is 55.0 Å². The molecule has 0 bridgehead atoms. The van der Waals surface area contributed by atoms with E-state index in [2.05, 4.69) is 36.9 Å².